The number of aryl methyl sites for hydroxylation is 1. The minimum Gasteiger partial charge on any atom is -0.493 e. The summed E-state index contributed by atoms with van der Waals surface area (Å²) in [5.41, 5.74) is 2.38. The van der Waals surface area contributed by atoms with E-state index < -0.39 is 6.10 Å². The zero-order valence-corrected chi connectivity index (χ0v) is 16.0. The van der Waals surface area contributed by atoms with Crippen LogP contribution in [0.3, 0.4) is 0 Å². The summed E-state index contributed by atoms with van der Waals surface area (Å²) >= 11 is 0. The van der Waals surface area contributed by atoms with Crippen molar-refractivity contribution < 1.29 is 19.1 Å². The van der Waals surface area contributed by atoms with Gasteiger partial charge in [-0.25, -0.2) is 0 Å². The number of aliphatic hydroxyl groups is 1. The van der Waals surface area contributed by atoms with E-state index in [4.69, 9.17) is 14.0 Å². The lowest BCUT2D eigenvalue weighted by Gasteiger charge is -2.20. The van der Waals surface area contributed by atoms with Crippen LogP contribution < -0.4 is 9.47 Å². The SMILES string of the molecule is COc1cc(-c2noc(C)n2)c(C(O)C(C)C)cc1OCc1ccccc1. The van der Waals surface area contributed by atoms with Gasteiger partial charge in [-0.1, -0.05) is 49.3 Å². The third kappa shape index (κ3) is 4.28. The Bertz CT molecular complexity index is 890. The van der Waals surface area contributed by atoms with E-state index in [0.29, 0.717) is 40.9 Å². The molecule has 1 unspecified atom stereocenters. The average Bonchev–Trinajstić information content (AvgIpc) is 3.12. The van der Waals surface area contributed by atoms with Gasteiger partial charge in [-0.3, -0.25) is 0 Å². The monoisotopic (exact) mass is 368 g/mol. The summed E-state index contributed by atoms with van der Waals surface area (Å²) < 4.78 is 16.6. The largest absolute Gasteiger partial charge is 0.493 e. The van der Waals surface area contributed by atoms with E-state index in [-0.39, 0.29) is 5.92 Å². The Labute approximate surface area is 158 Å². The van der Waals surface area contributed by atoms with Gasteiger partial charge in [0.15, 0.2) is 11.5 Å². The highest BCUT2D eigenvalue weighted by Gasteiger charge is 2.23. The highest BCUT2D eigenvalue weighted by atomic mass is 16.5. The van der Waals surface area contributed by atoms with Crippen LogP contribution in [0.15, 0.2) is 47.0 Å². The summed E-state index contributed by atoms with van der Waals surface area (Å²) in [6.07, 6.45) is -0.705. The van der Waals surface area contributed by atoms with Crippen LogP contribution in [0.2, 0.25) is 0 Å². The first-order valence-corrected chi connectivity index (χ1v) is 8.87. The molecule has 0 bridgehead atoms. The standard InChI is InChI=1S/C21H24N2O4/c1-13(2)20(24)16-10-19(26-12-15-8-6-5-7-9-15)18(25-4)11-17(16)21-22-14(3)27-23-21/h5-11,13,20,24H,12H2,1-4H3. The minimum absolute atomic E-state index is 0.00659. The van der Waals surface area contributed by atoms with Gasteiger partial charge in [0.25, 0.3) is 0 Å². The van der Waals surface area contributed by atoms with Crippen LogP contribution in [0.25, 0.3) is 11.4 Å². The zero-order chi connectivity index (χ0) is 19.4. The smallest absolute Gasteiger partial charge is 0.223 e. The second-order valence-corrected chi connectivity index (χ2v) is 6.69. The van der Waals surface area contributed by atoms with E-state index in [1.54, 1.807) is 26.2 Å². The topological polar surface area (TPSA) is 77.6 Å². The van der Waals surface area contributed by atoms with Crippen LogP contribution in [0.4, 0.5) is 0 Å². The summed E-state index contributed by atoms with van der Waals surface area (Å²) in [5.74, 6) is 1.98. The zero-order valence-electron chi connectivity index (χ0n) is 16.0. The molecule has 0 radical (unpaired) electrons. The van der Waals surface area contributed by atoms with Crippen molar-refractivity contribution >= 4 is 0 Å². The molecular weight excluding hydrogens is 344 g/mol. The van der Waals surface area contributed by atoms with Gasteiger partial charge in [0.05, 0.1) is 13.2 Å². The highest BCUT2D eigenvalue weighted by Crippen LogP contribution is 2.39. The number of hydrogen-bond acceptors (Lipinski definition) is 6. The van der Waals surface area contributed by atoms with Gasteiger partial charge in [0.1, 0.15) is 6.61 Å². The lowest BCUT2D eigenvalue weighted by molar-refractivity contribution is 0.127. The van der Waals surface area contributed by atoms with Gasteiger partial charge in [0, 0.05) is 12.5 Å². The molecule has 142 valence electrons. The summed E-state index contributed by atoms with van der Waals surface area (Å²) in [4.78, 5) is 4.30. The Morgan fingerprint density at radius 2 is 1.85 bits per heavy atom. The average molecular weight is 368 g/mol. The van der Waals surface area contributed by atoms with Crippen molar-refractivity contribution in [3.8, 4) is 22.9 Å². The summed E-state index contributed by atoms with van der Waals surface area (Å²) in [5, 5.41) is 14.7. The van der Waals surface area contributed by atoms with E-state index in [0.717, 1.165) is 5.56 Å². The van der Waals surface area contributed by atoms with Gasteiger partial charge in [-0.2, -0.15) is 4.98 Å². The molecule has 0 saturated heterocycles. The maximum atomic E-state index is 10.7. The molecule has 0 aliphatic carbocycles. The summed E-state index contributed by atoms with van der Waals surface area (Å²) in [7, 11) is 1.58. The second-order valence-electron chi connectivity index (χ2n) is 6.69. The van der Waals surface area contributed by atoms with Crippen molar-refractivity contribution in [1.82, 2.24) is 10.1 Å². The molecule has 3 aromatic rings. The molecular formula is C21H24N2O4. The van der Waals surface area contributed by atoms with Crippen molar-refractivity contribution in [2.45, 2.75) is 33.5 Å². The van der Waals surface area contributed by atoms with E-state index >= 15 is 0 Å². The molecule has 0 spiro atoms. The third-order valence-electron chi connectivity index (χ3n) is 4.29. The maximum absolute atomic E-state index is 10.7. The molecule has 6 nitrogen and oxygen atoms in total. The van der Waals surface area contributed by atoms with Gasteiger partial charge in [-0.15, -0.1) is 0 Å². The number of ether oxygens (including phenoxy) is 2. The van der Waals surface area contributed by atoms with Crippen molar-refractivity contribution in [3.05, 3.63) is 59.5 Å². The van der Waals surface area contributed by atoms with Crippen LogP contribution in [0, 0.1) is 12.8 Å². The Morgan fingerprint density at radius 3 is 2.44 bits per heavy atom. The van der Waals surface area contributed by atoms with Crippen LogP contribution in [0.1, 0.15) is 37.0 Å². The van der Waals surface area contributed by atoms with Crippen molar-refractivity contribution in [2.24, 2.45) is 5.92 Å². The predicted molar refractivity (Wildman–Crippen MR) is 102 cm³/mol. The van der Waals surface area contributed by atoms with Crippen LogP contribution in [-0.4, -0.2) is 22.4 Å². The first kappa shape index (κ1) is 18.9. The first-order valence-electron chi connectivity index (χ1n) is 8.87. The summed E-state index contributed by atoms with van der Waals surface area (Å²) in [6.45, 7) is 6.02. The van der Waals surface area contributed by atoms with Crippen molar-refractivity contribution in [1.29, 1.82) is 0 Å². The predicted octanol–water partition coefficient (Wildman–Crippen LogP) is 4.32. The number of aromatic nitrogens is 2. The molecule has 0 amide bonds. The fourth-order valence-electron chi connectivity index (χ4n) is 2.79. The Balaban J connectivity index is 2.02. The lowest BCUT2D eigenvalue weighted by Crippen LogP contribution is -2.09. The molecule has 1 N–H and O–H groups in total. The van der Waals surface area contributed by atoms with Crippen molar-refractivity contribution in [2.75, 3.05) is 7.11 Å². The molecule has 0 saturated carbocycles. The number of rotatable bonds is 7. The fraction of sp³-hybridized carbons (Fsp3) is 0.333. The molecule has 0 aliphatic rings. The normalized spacial score (nSPS) is 12.2. The Hall–Kier alpha value is -2.86. The van der Waals surface area contributed by atoms with Gasteiger partial charge < -0.3 is 19.1 Å². The molecule has 1 atom stereocenters. The molecule has 0 fully saturated rings. The Morgan fingerprint density at radius 1 is 1.11 bits per heavy atom. The van der Waals surface area contributed by atoms with E-state index in [1.807, 2.05) is 44.2 Å². The first-order chi connectivity index (χ1) is 13.0. The number of nitrogens with zero attached hydrogens (tertiary/aromatic N) is 2. The number of hydrogen-bond donors (Lipinski definition) is 1. The fourth-order valence-corrected chi connectivity index (χ4v) is 2.79. The maximum Gasteiger partial charge on any atom is 0.223 e. The van der Waals surface area contributed by atoms with Crippen molar-refractivity contribution in [3.63, 3.8) is 0 Å². The Kier molecular flexibility index (Phi) is 5.76. The molecule has 1 aromatic heterocycles. The molecule has 0 aliphatic heterocycles. The van der Waals surface area contributed by atoms with Gasteiger partial charge in [-0.05, 0) is 29.2 Å². The number of benzene rings is 2. The molecule has 3 rings (SSSR count). The van der Waals surface area contributed by atoms with E-state index in [2.05, 4.69) is 10.1 Å². The van der Waals surface area contributed by atoms with Crippen LogP contribution >= 0.6 is 0 Å². The molecule has 27 heavy (non-hydrogen) atoms. The highest BCUT2D eigenvalue weighted by molar-refractivity contribution is 5.66. The number of methoxy groups -OCH3 is 1. The summed E-state index contributed by atoms with van der Waals surface area (Å²) in [6, 6.07) is 13.5. The van der Waals surface area contributed by atoms with Gasteiger partial charge in [0.2, 0.25) is 11.7 Å². The quantitative estimate of drug-likeness (QED) is 0.669. The molecule has 6 heteroatoms. The lowest BCUT2D eigenvalue weighted by atomic mass is 9.93. The third-order valence-corrected chi connectivity index (χ3v) is 4.29. The molecule has 2 aromatic carbocycles. The van der Waals surface area contributed by atoms with Gasteiger partial charge >= 0.3 is 0 Å². The second kappa shape index (κ2) is 8.22. The minimum atomic E-state index is -0.705. The number of aliphatic hydroxyl groups excluding tert-OH is 1. The van der Waals surface area contributed by atoms with E-state index in [1.165, 1.54) is 0 Å². The molecule has 1 heterocycles. The van der Waals surface area contributed by atoms with Crippen LogP contribution in [-0.2, 0) is 6.61 Å². The van der Waals surface area contributed by atoms with E-state index in [9.17, 15) is 5.11 Å². The van der Waals surface area contributed by atoms with Crippen LogP contribution in [0.5, 0.6) is 11.5 Å².